The van der Waals surface area contributed by atoms with Crippen LogP contribution in [0.4, 0.5) is 0 Å². The van der Waals surface area contributed by atoms with Crippen LogP contribution in [0.5, 0.6) is 11.5 Å². The predicted molar refractivity (Wildman–Crippen MR) is 90.4 cm³/mol. The van der Waals surface area contributed by atoms with Crippen LogP contribution in [-0.4, -0.2) is 5.84 Å². The van der Waals surface area contributed by atoms with E-state index in [-0.39, 0.29) is 11.3 Å². The zero-order valence-corrected chi connectivity index (χ0v) is 14.0. The molecule has 2 rings (SSSR count). The van der Waals surface area contributed by atoms with E-state index in [2.05, 4.69) is 48.8 Å². The topological polar surface area (TPSA) is 59.1 Å². The molecule has 0 amide bonds. The van der Waals surface area contributed by atoms with Crippen molar-refractivity contribution >= 4 is 21.8 Å². The lowest BCUT2D eigenvalue weighted by atomic mass is 9.87. The van der Waals surface area contributed by atoms with Gasteiger partial charge in [0.15, 0.2) is 0 Å². The standard InChI is InChI=1S/C17H19BrN2O/c1-17(2,3)11-7-9-12(10-8-11)21-14-6-4-5-13(18)15(14)16(19)20/h4-10H,1-3H3,(H3,19,20). The maximum Gasteiger partial charge on any atom is 0.139 e. The van der Waals surface area contributed by atoms with Crippen molar-refractivity contribution in [2.75, 3.05) is 0 Å². The van der Waals surface area contributed by atoms with Gasteiger partial charge in [0.2, 0.25) is 0 Å². The van der Waals surface area contributed by atoms with E-state index in [4.69, 9.17) is 15.9 Å². The van der Waals surface area contributed by atoms with Crippen LogP contribution in [0, 0.1) is 5.41 Å². The lowest BCUT2D eigenvalue weighted by Gasteiger charge is -2.19. The van der Waals surface area contributed by atoms with Gasteiger partial charge in [0.25, 0.3) is 0 Å². The molecular weight excluding hydrogens is 328 g/mol. The molecule has 3 N–H and O–H groups in total. The highest BCUT2D eigenvalue weighted by Crippen LogP contribution is 2.31. The van der Waals surface area contributed by atoms with Gasteiger partial charge in [-0.25, -0.2) is 0 Å². The molecule has 21 heavy (non-hydrogen) atoms. The average Bonchev–Trinajstić information content (AvgIpc) is 2.38. The average molecular weight is 347 g/mol. The Labute approximate surface area is 133 Å². The molecule has 0 aliphatic heterocycles. The van der Waals surface area contributed by atoms with E-state index in [0.29, 0.717) is 11.3 Å². The van der Waals surface area contributed by atoms with Crippen molar-refractivity contribution < 1.29 is 4.74 Å². The summed E-state index contributed by atoms with van der Waals surface area (Å²) in [5.41, 5.74) is 7.55. The highest BCUT2D eigenvalue weighted by molar-refractivity contribution is 9.10. The number of nitrogen functional groups attached to an aromatic ring is 1. The summed E-state index contributed by atoms with van der Waals surface area (Å²) >= 11 is 3.40. The van der Waals surface area contributed by atoms with E-state index in [1.54, 1.807) is 6.07 Å². The molecule has 0 heterocycles. The van der Waals surface area contributed by atoms with Gasteiger partial charge in [-0.1, -0.05) is 39.0 Å². The molecule has 0 unspecified atom stereocenters. The maximum absolute atomic E-state index is 7.67. The molecule has 0 aromatic heterocycles. The van der Waals surface area contributed by atoms with E-state index in [9.17, 15) is 0 Å². The summed E-state index contributed by atoms with van der Waals surface area (Å²) in [6.45, 7) is 6.51. The van der Waals surface area contributed by atoms with Crippen LogP contribution < -0.4 is 10.5 Å². The fourth-order valence-corrected chi connectivity index (χ4v) is 2.56. The van der Waals surface area contributed by atoms with E-state index < -0.39 is 0 Å². The van der Waals surface area contributed by atoms with Crippen molar-refractivity contribution in [1.82, 2.24) is 0 Å². The summed E-state index contributed by atoms with van der Waals surface area (Å²) in [6.07, 6.45) is 0. The second kappa shape index (κ2) is 5.90. The van der Waals surface area contributed by atoms with Gasteiger partial charge in [0.1, 0.15) is 17.3 Å². The number of benzene rings is 2. The highest BCUT2D eigenvalue weighted by Gasteiger charge is 2.14. The first kappa shape index (κ1) is 15.6. The molecule has 3 nitrogen and oxygen atoms in total. The van der Waals surface area contributed by atoms with Crippen molar-refractivity contribution in [1.29, 1.82) is 5.41 Å². The molecule has 2 aromatic rings. The van der Waals surface area contributed by atoms with E-state index >= 15 is 0 Å². The van der Waals surface area contributed by atoms with E-state index in [0.717, 1.165) is 10.2 Å². The minimum Gasteiger partial charge on any atom is -0.457 e. The number of nitrogens with one attached hydrogen (secondary N) is 1. The van der Waals surface area contributed by atoms with E-state index in [1.807, 2.05) is 24.3 Å². The summed E-state index contributed by atoms with van der Waals surface area (Å²) in [6, 6.07) is 13.5. The summed E-state index contributed by atoms with van der Waals surface area (Å²) < 4.78 is 6.62. The molecule has 0 bridgehead atoms. The highest BCUT2D eigenvalue weighted by atomic mass is 79.9. The molecule has 0 atom stereocenters. The summed E-state index contributed by atoms with van der Waals surface area (Å²) in [4.78, 5) is 0. The van der Waals surface area contributed by atoms with Gasteiger partial charge in [-0.3, -0.25) is 5.41 Å². The molecule has 0 radical (unpaired) electrons. The fourth-order valence-electron chi connectivity index (χ4n) is 2.00. The minimum absolute atomic E-state index is 0.0243. The van der Waals surface area contributed by atoms with Crippen molar-refractivity contribution in [3.8, 4) is 11.5 Å². The van der Waals surface area contributed by atoms with Gasteiger partial charge in [-0.2, -0.15) is 0 Å². The van der Waals surface area contributed by atoms with Gasteiger partial charge in [0, 0.05) is 4.47 Å². The Kier molecular flexibility index (Phi) is 4.37. The van der Waals surface area contributed by atoms with Crippen LogP contribution in [0.1, 0.15) is 31.9 Å². The Bertz CT molecular complexity index is 657. The van der Waals surface area contributed by atoms with Crippen LogP contribution in [0.15, 0.2) is 46.9 Å². The maximum atomic E-state index is 7.67. The van der Waals surface area contributed by atoms with Crippen LogP contribution >= 0.6 is 15.9 Å². The third-order valence-corrected chi connectivity index (χ3v) is 3.85. The lowest BCUT2D eigenvalue weighted by molar-refractivity contribution is 0.480. The largest absolute Gasteiger partial charge is 0.457 e. The van der Waals surface area contributed by atoms with Crippen molar-refractivity contribution in [3.63, 3.8) is 0 Å². The molecule has 4 heteroatoms. The Morgan fingerprint density at radius 2 is 1.71 bits per heavy atom. The normalized spacial score (nSPS) is 11.2. The van der Waals surface area contributed by atoms with Gasteiger partial charge < -0.3 is 10.5 Å². The second-order valence-corrected chi connectivity index (χ2v) is 6.76. The molecule has 0 spiro atoms. The Hall–Kier alpha value is -1.81. The molecule has 110 valence electrons. The second-order valence-electron chi connectivity index (χ2n) is 5.90. The third-order valence-electron chi connectivity index (χ3n) is 3.19. The third kappa shape index (κ3) is 3.64. The van der Waals surface area contributed by atoms with Gasteiger partial charge in [0.05, 0.1) is 5.56 Å². The Morgan fingerprint density at radius 3 is 2.24 bits per heavy atom. The molecular formula is C17H19BrN2O. The van der Waals surface area contributed by atoms with Crippen molar-refractivity contribution in [2.45, 2.75) is 26.2 Å². The molecule has 0 aliphatic carbocycles. The van der Waals surface area contributed by atoms with Crippen molar-refractivity contribution in [2.24, 2.45) is 5.73 Å². The summed E-state index contributed by atoms with van der Waals surface area (Å²) in [5, 5.41) is 7.67. The smallest absolute Gasteiger partial charge is 0.139 e. The van der Waals surface area contributed by atoms with Gasteiger partial charge >= 0.3 is 0 Å². The van der Waals surface area contributed by atoms with Gasteiger partial charge in [-0.15, -0.1) is 0 Å². The number of hydrogen-bond acceptors (Lipinski definition) is 2. The van der Waals surface area contributed by atoms with Gasteiger partial charge in [-0.05, 0) is 51.2 Å². The number of hydrogen-bond donors (Lipinski definition) is 2. The Balaban J connectivity index is 2.31. The first-order chi connectivity index (χ1) is 9.79. The number of ether oxygens (including phenoxy) is 1. The van der Waals surface area contributed by atoms with Crippen LogP contribution in [0.3, 0.4) is 0 Å². The minimum atomic E-state index is -0.0243. The van der Waals surface area contributed by atoms with Crippen molar-refractivity contribution in [3.05, 3.63) is 58.1 Å². The SMILES string of the molecule is CC(C)(C)c1ccc(Oc2cccc(Br)c2C(=N)N)cc1. The van der Waals surface area contributed by atoms with Crippen LogP contribution in [-0.2, 0) is 5.41 Å². The number of halogens is 1. The Morgan fingerprint density at radius 1 is 1.10 bits per heavy atom. The molecule has 2 aromatic carbocycles. The van der Waals surface area contributed by atoms with Crippen LogP contribution in [0.25, 0.3) is 0 Å². The first-order valence-corrected chi connectivity index (χ1v) is 7.49. The quantitative estimate of drug-likeness (QED) is 0.618. The molecule has 0 saturated carbocycles. The van der Waals surface area contributed by atoms with E-state index in [1.165, 1.54) is 5.56 Å². The summed E-state index contributed by atoms with van der Waals surface area (Å²) in [7, 11) is 0. The monoisotopic (exact) mass is 346 g/mol. The first-order valence-electron chi connectivity index (χ1n) is 6.70. The molecule has 0 aliphatic rings. The molecule has 0 fully saturated rings. The zero-order valence-electron chi connectivity index (χ0n) is 12.4. The fraction of sp³-hybridized carbons (Fsp3) is 0.235. The number of nitrogens with two attached hydrogens (primary N) is 1. The number of rotatable bonds is 3. The zero-order chi connectivity index (χ0) is 15.6. The predicted octanol–water partition coefficient (Wildman–Crippen LogP) is 4.82. The molecule has 0 saturated heterocycles. The lowest BCUT2D eigenvalue weighted by Crippen LogP contribution is -2.13. The van der Waals surface area contributed by atoms with Crippen LogP contribution in [0.2, 0.25) is 0 Å². The summed E-state index contributed by atoms with van der Waals surface area (Å²) in [5.74, 6) is 1.27. The number of amidine groups is 1.